The van der Waals surface area contributed by atoms with Crippen LogP contribution in [0.15, 0.2) is 0 Å². The fraction of sp³-hybridized carbons (Fsp3) is 0.833. The van der Waals surface area contributed by atoms with E-state index in [0.29, 0.717) is 13.0 Å². The molecule has 0 radical (unpaired) electrons. The largest absolute Gasteiger partial charge is 0.480 e. The van der Waals surface area contributed by atoms with Crippen LogP contribution in [0.1, 0.15) is 39.5 Å². The third-order valence-corrected chi connectivity index (χ3v) is 2.59. The van der Waals surface area contributed by atoms with Crippen LogP contribution >= 0.6 is 0 Å². The van der Waals surface area contributed by atoms with Crippen LogP contribution in [0, 0.1) is 0 Å². The highest BCUT2D eigenvalue weighted by molar-refractivity contribution is 5.82. The summed E-state index contributed by atoms with van der Waals surface area (Å²) >= 11 is 0. The van der Waals surface area contributed by atoms with Crippen molar-refractivity contribution in [3.05, 3.63) is 0 Å². The molecule has 0 rings (SSSR count). The van der Waals surface area contributed by atoms with Crippen LogP contribution in [-0.2, 0) is 4.79 Å². The van der Waals surface area contributed by atoms with Crippen LogP contribution < -0.4 is 5.32 Å². The highest BCUT2D eigenvalue weighted by atomic mass is 16.4. The van der Waals surface area contributed by atoms with Crippen LogP contribution in [0.25, 0.3) is 0 Å². The van der Waals surface area contributed by atoms with Crippen molar-refractivity contribution in [3.8, 4) is 0 Å². The van der Waals surface area contributed by atoms with Gasteiger partial charge in [-0.2, -0.15) is 0 Å². The fourth-order valence-electron chi connectivity index (χ4n) is 1.61. The first-order chi connectivity index (χ1) is 8.56. The Morgan fingerprint density at radius 3 is 2.33 bits per heavy atom. The van der Waals surface area contributed by atoms with Gasteiger partial charge in [-0.1, -0.05) is 26.7 Å². The van der Waals surface area contributed by atoms with Gasteiger partial charge >= 0.3 is 12.0 Å². The van der Waals surface area contributed by atoms with Crippen molar-refractivity contribution in [1.29, 1.82) is 0 Å². The van der Waals surface area contributed by atoms with Crippen molar-refractivity contribution in [3.63, 3.8) is 0 Å². The van der Waals surface area contributed by atoms with E-state index in [-0.39, 0.29) is 13.2 Å². The third-order valence-electron chi connectivity index (χ3n) is 2.59. The Labute approximate surface area is 108 Å². The molecule has 2 amide bonds. The number of aliphatic carboxylic acids is 1. The number of hydrogen-bond donors (Lipinski definition) is 3. The van der Waals surface area contributed by atoms with Gasteiger partial charge in [0.25, 0.3) is 0 Å². The molecule has 0 bridgehead atoms. The van der Waals surface area contributed by atoms with Gasteiger partial charge in [0.15, 0.2) is 0 Å². The van der Waals surface area contributed by atoms with E-state index < -0.39 is 18.0 Å². The van der Waals surface area contributed by atoms with Crippen LogP contribution in [0.4, 0.5) is 4.79 Å². The second kappa shape index (κ2) is 9.70. The lowest BCUT2D eigenvalue weighted by Gasteiger charge is -2.24. The second-order valence-corrected chi connectivity index (χ2v) is 4.19. The van der Waals surface area contributed by atoms with E-state index in [1.807, 2.05) is 13.8 Å². The Kier molecular flexibility index (Phi) is 9.00. The first-order valence-corrected chi connectivity index (χ1v) is 6.45. The highest BCUT2D eigenvalue weighted by Crippen LogP contribution is 2.02. The number of amides is 2. The van der Waals surface area contributed by atoms with E-state index in [2.05, 4.69) is 5.32 Å². The van der Waals surface area contributed by atoms with Gasteiger partial charge in [-0.25, -0.2) is 9.59 Å². The predicted octanol–water partition coefficient (Wildman–Crippen LogP) is 1.04. The summed E-state index contributed by atoms with van der Waals surface area (Å²) in [5.74, 6) is -1.02. The third kappa shape index (κ3) is 6.44. The van der Waals surface area contributed by atoms with Crippen molar-refractivity contribution < 1.29 is 19.8 Å². The average molecular weight is 260 g/mol. The molecule has 1 unspecified atom stereocenters. The summed E-state index contributed by atoms with van der Waals surface area (Å²) < 4.78 is 0. The monoisotopic (exact) mass is 260 g/mol. The van der Waals surface area contributed by atoms with Crippen LogP contribution in [0.3, 0.4) is 0 Å². The molecule has 18 heavy (non-hydrogen) atoms. The van der Waals surface area contributed by atoms with E-state index in [1.165, 1.54) is 4.90 Å². The Hall–Kier alpha value is -1.30. The van der Waals surface area contributed by atoms with E-state index >= 15 is 0 Å². The van der Waals surface area contributed by atoms with E-state index in [0.717, 1.165) is 19.3 Å². The molecule has 6 heteroatoms. The van der Waals surface area contributed by atoms with Gasteiger partial charge in [-0.15, -0.1) is 0 Å². The number of carboxylic acid groups (broad SMARTS) is 1. The summed E-state index contributed by atoms with van der Waals surface area (Å²) in [7, 11) is 0. The molecule has 0 aromatic carbocycles. The summed E-state index contributed by atoms with van der Waals surface area (Å²) in [4.78, 5) is 24.3. The number of carboxylic acids is 1. The quantitative estimate of drug-likeness (QED) is 0.578. The zero-order chi connectivity index (χ0) is 14.0. The molecule has 0 heterocycles. The van der Waals surface area contributed by atoms with Gasteiger partial charge in [0.2, 0.25) is 0 Å². The number of carbonyl (C=O) groups is 2. The molecule has 0 fully saturated rings. The van der Waals surface area contributed by atoms with Gasteiger partial charge in [0.1, 0.15) is 6.04 Å². The first kappa shape index (κ1) is 16.7. The number of urea groups is 1. The SMILES string of the molecule is CCCCC(NC(=O)N(CCC)CCO)C(=O)O. The van der Waals surface area contributed by atoms with Gasteiger partial charge in [-0.3, -0.25) is 0 Å². The van der Waals surface area contributed by atoms with E-state index in [9.17, 15) is 9.59 Å². The maximum atomic E-state index is 11.8. The number of aliphatic hydroxyl groups excluding tert-OH is 1. The lowest BCUT2D eigenvalue weighted by molar-refractivity contribution is -0.139. The minimum atomic E-state index is -1.02. The lowest BCUT2D eigenvalue weighted by atomic mass is 10.1. The molecule has 0 aromatic rings. The Morgan fingerprint density at radius 2 is 1.89 bits per heavy atom. The summed E-state index contributed by atoms with van der Waals surface area (Å²) in [5, 5.41) is 20.4. The average Bonchev–Trinajstić information content (AvgIpc) is 2.33. The molecular formula is C12H24N2O4. The van der Waals surface area contributed by atoms with Crippen molar-refractivity contribution in [2.24, 2.45) is 0 Å². The number of aliphatic hydroxyl groups is 1. The van der Waals surface area contributed by atoms with Crippen LogP contribution in [-0.4, -0.2) is 52.9 Å². The molecule has 106 valence electrons. The van der Waals surface area contributed by atoms with E-state index in [4.69, 9.17) is 10.2 Å². The predicted molar refractivity (Wildman–Crippen MR) is 68.4 cm³/mol. The molecule has 1 atom stereocenters. The molecule has 0 aliphatic heterocycles. The maximum absolute atomic E-state index is 11.8. The lowest BCUT2D eigenvalue weighted by Crippen LogP contribution is -2.48. The van der Waals surface area contributed by atoms with Gasteiger partial charge in [0.05, 0.1) is 6.61 Å². The summed E-state index contributed by atoms with van der Waals surface area (Å²) in [5.41, 5.74) is 0. The minimum absolute atomic E-state index is 0.125. The molecule has 0 spiro atoms. The Bertz CT molecular complexity index is 252. The summed E-state index contributed by atoms with van der Waals surface area (Å²) in [6, 6.07) is -1.27. The van der Waals surface area contributed by atoms with Crippen molar-refractivity contribution in [1.82, 2.24) is 10.2 Å². The topological polar surface area (TPSA) is 89.9 Å². The van der Waals surface area contributed by atoms with Crippen LogP contribution in [0.2, 0.25) is 0 Å². The summed E-state index contributed by atoms with van der Waals surface area (Å²) in [6.07, 6.45) is 2.83. The fourth-order valence-corrected chi connectivity index (χ4v) is 1.61. The number of hydrogen-bond acceptors (Lipinski definition) is 3. The second-order valence-electron chi connectivity index (χ2n) is 4.19. The van der Waals surface area contributed by atoms with Gasteiger partial charge < -0.3 is 20.4 Å². The van der Waals surface area contributed by atoms with Gasteiger partial charge in [-0.05, 0) is 12.8 Å². The molecule has 0 aliphatic rings. The smallest absolute Gasteiger partial charge is 0.326 e. The highest BCUT2D eigenvalue weighted by Gasteiger charge is 2.21. The number of carbonyl (C=O) groups excluding carboxylic acids is 1. The maximum Gasteiger partial charge on any atom is 0.326 e. The minimum Gasteiger partial charge on any atom is -0.480 e. The number of rotatable bonds is 9. The molecule has 0 saturated carbocycles. The standard InChI is InChI=1S/C12H24N2O4/c1-3-5-6-10(11(16)17)13-12(18)14(7-4-2)8-9-15/h10,15H,3-9H2,1-2H3,(H,13,18)(H,16,17). The van der Waals surface area contributed by atoms with Crippen LogP contribution in [0.5, 0.6) is 0 Å². The van der Waals surface area contributed by atoms with Gasteiger partial charge in [0, 0.05) is 13.1 Å². The molecule has 6 nitrogen and oxygen atoms in total. The number of nitrogens with zero attached hydrogens (tertiary/aromatic N) is 1. The summed E-state index contributed by atoms with van der Waals surface area (Å²) in [6.45, 7) is 4.49. The normalized spacial score (nSPS) is 11.9. The zero-order valence-corrected chi connectivity index (χ0v) is 11.2. The number of nitrogens with one attached hydrogen (secondary N) is 1. The molecule has 3 N–H and O–H groups in total. The zero-order valence-electron chi connectivity index (χ0n) is 11.2. The molecule has 0 aliphatic carbocycles. The van der Waals surface area contributed by atoms with Crippen molar-refractivity contribution >= 4 is 12.0 Å². The van der Waals surface area contributed by atoms with Crippen molar-refractivity contribution in [2.75, 3.05) is 19.7 Å². The van der Waals surface area contributed by atoms with Crippen molar-refractivity contribution in [2.45, 2.75) is 45.6 Å². The van der Waals surface area contributed by atoms with E-state index in [1.54, 1.807) is 0 Å². The number of unbranched alkanes of at least 4 members (excludes halogenated alkanes) is 1. The Morgan fingerprint density at radius 1 is 1.22 bits per heavy atom. The first-order valence-electron chi connectivity index (χ1n) is 6.45. The molecule has 0 saturated heterocycles. The molecule has 0 aromatic heterocycles. The Balaban J connectivity index is 4.39. The molecular weight excluding hydrogens is 236 g/mol.